The van der Waals surface area contributed by atoms with Crippen LogP contribution in [0.15, 0.2) is 24.3 Å². The van der Waals surface area contributed by atoms with Gasteiger partial charge in [-0.2, -0.15) is 0 Å². The van der Waals surface area contributed by atoms with Crippen LogP contribution in [-0.2, 0) is 4.74 Å². The summed E-state index contributed by atoms with van der Waals surface area (Å²) in [4.78, 5) is 2.59. The molecule has 5 rings (SSSR count). The Kier molecular flexibility index (Phi) is 4.68. The Hall–Kier alpha value is -1.10. The van der Waals surface area contributed by atoms with Crippen molar-refractivity contribution in [2.75, 3.05) is 32.8 Å². The number of hydrogen-bond acceptors (Lipinski definition) is 4. The Labute approximate surface area is 157 Å². The van der Waals surface area contributed by atoms with Gasteiger partial charge in [0, 0.05) is 44.3 Å². The number of fused-ring (bicyclic) bond motifs is 1. The molecule has 3 aliphatic heterocycles. The third kappa shape index (κ3) is 3.64. The van der Waals surface area contributed by atoms with Gasteiger partial charge < -0.3 is 19.7 Å². The number of nitrogens with one attached hydrogen (secondary N) is 1. The van der Waals surface area contributed by atoms with Crippen molar-refractivity contribution in [1.29, 1.82) is 0 Å². The molecule has 4 heteroatoms. The SMILES string of the molecule is c1ccc2c(c1)OC1(CCN(CC3CCCO3)CC1)CC2NCC1CC1. The number of piperidine rings is 1. The molecular formula is C22H32N2O2. The van der Waals surface area contributed by atoms with E-state index in [4.69, 9.17) is 9.47 Å². The molecule has 1 N–H and O–H groups in total. The van der Waals surface area contributed by atoms with Crippen molar-refractivity contribution in [3.63, 3.8) is 0 Å². The molecule has 1 aromatic carbocycles. The lowest BCUT2D eigenvalue weighted by molar-refractivity contribution is -0.0350. The zero-order chi connectivity index (χ0) is 17.4. The second kappa shape index (κ2) is 7.14. The lowest BCUT2D eigenvalue weighted by atomic mass is 9.80. The molecule has 2 atom stereocenters. The van der Waals surface area contributed by atoms with Crippen LogP contribution in [-0.4, -0.2) is 49.4 Å². The van der Waals surface area contributed by atoms with Gasteiger partial charge in [-0.3, -0.25) is 0 Å². The van der Waals surface area contributed by atoms with Crippen LogP contribution in [0.25, 0.3) is 0 Å². The summed E-state index contributed by atoms with van der Waals surface area (Å²) in [7, 11) is 0. The largest absolute Gasteiger partial charge is 0.487 e. The van der Waals surface area contributed by atoms with Crippen molar-refractivity contribution in [1.82, 2.24) is 10.2 Å². The monoisotopic (exact) mass is 356 g/mol. The van der Waals surface area contributed by atoms with Crippen molar-refractivity contribution in [2.24, 2.45) is 5.92 Å². The summed E-state index contributed by atoms with van der Waals surface area (Å²) in [5.41, 5.74) is 1.38. The van der Waals surface area contributed by atoms with E-state index in [1.165, 1.54) is 37.8 Å². The lowest BCUT2D eigenvalue weighted by Gasteiger charge is -2.47. The molecular weight excluding hydrogens is 324 g/mol. The highest BCUT2D eigenvalue weighted by Crippen LogP contribution is 2.44. The van der Waals surface area contributed by atoms with Crippen LogP contribution in [0.1, 0.15) is 56.6 Å². The molecule has 0 radical (unpaired) electrons. The van der Waals surface area contributed by atoms with Gasteiger partial charge in [0.25, 0.3) is 0 Å². The Bertz CT molecular complexity index is 616. The van der Waals surface area contributed by atoms with Gasteiger partial charge in [-0.05, 0) is 57.1 Å². The Morgan fingerprint density at radius 1 is 1.12 bits per heavy atom. The van der Waals surface area contributed by atoms with E-state index in [0.29, 0.717) is 12.1 Å². The Morgan fingerprint density at radius 3 is 2.73 bits per heavy atom. The first kappa shape index (κ1) is 17.0. The number of benzene rings is 1. The minimum absolute atomic E-state index is 0.0165. The predicted molar refractivity (Wildman–Crippen MR) is 103 cm³/mol. The van der Waals surface area contributed by atoms with Crippen LogP contribution >= 0.6 is 0 Å². The van der Waals surface area contributed by atoms with Crippen LogP contribution in [0.3, 0.4) is 0 Å². The van der Waals surface area contributed by atoms with Crippen LogP contribution in [0.2, 0.25) is 0 Å². The lowest BCUT2D eigenvalue weighted by Crippen LogP contribution is -2.52. The predicted octanol–water partition coefficient (Wildman–Crippen LogP) is 3.52. The van der Waals surface area contributed by atoms with Gasteiger partial charge >= 0.3 is 0 Å². The minimum Gasteiger partial charge on any atom is -0.487 e. The van der Waals surface area contributed by atoms with Crippen molar-refractivity contribution in [2.45, 2.75) is 62.7 Å². The maximum atomic E-state index is 6.63. The second-order valence-electron chi connectivity index (χ2n) is 8.87. The van der Waals surface area contributed by atoms with Crippen molar-refractivity contribution in [3.05, 3.63) is 29.8 Å². The third-order valence-electron chi connectivity index (χ3n) is 6.80. The fourth-order valence-electron chi connectivity index (χ4n) is 4.96. The fourth-order valence-corrected chi connectivity index (χ4v) is 4.96. The maximum Gasteiger partial charge on any atom is 0.124 e. The average molecular weight is 357 g/mol. The molecule has 3 heterocycles. The molecule has 4 aliphatic rings. The van der Waals surface area contributed by atoms with E-state index in [-0.39, 0.29) is 5.60 Å². The molecule has 0 amide bonds. The molecule has 0 aromatic heterocycles. The number of nitrogens with zero attached hydrogens (tertiary/aromatic N) is 1. The number of para-hydroxylation sites is 1. The molecule has 1 aliphatic carbocycles. The van der Waals surface area contributed by atoms with Crippen LogP contribution < -0.4 is 10.1 Å². The van der Waals surface area contributed by atoms with E-state index in [0.717, 1.165) is 57.2 Å². The van der Waals surface area contributed by atoms with E-state index in [9.17, 15) is 0 Å². The molecule has 1 aromatic rings. The summed E-state index contributed by atoms with van der Waals surface area (Å²) in [6.45, 7) is 5.50. The van der Waals surface area contributed by atoms with Crippen LogP contribution in [0.5, 0.6) is 5.75 Å². The summed E-state index contributed by atoms with van der Waals surface area (Å²) < 4.78 is 12.5. The highest BCUT2D eigenvalue weighted by atomic mass is 16.5. The first-order valence-corrected chi connectivity index (χ1v) is 10.6. The van der Waals surface area contributed by atoms with Gasteiger partial charge in [-0.25, -0.2) is 0 Å². The molecule has 4 nitrogen and oxygen atoms in total. The first-order valence-electron chi connectivity index (χ1n) is 10.6. The van der Waals surface area contributed by atoms with E-state index in [2.05, 4.69) is 34.5 Å². The van der Waals surface area contributed by atoms with Gasteiger partial charge in [0.2, 0.25) is 0 Å². The van der Waals surface area contributed by atoms with E-state index >= 15 is 0 Å². The standard InChI is InChI=1S/C22H32N2O2/c1-2-6-21-19(5-1)20(23-15-17-7-8-17)14-22(26-21)9-11-24(12-10-22)16-18-4-3-13-25-18/h1-2,5-6,17-18,20,23H,3-4,7-16H2. The van der Waals surface area contributed by atoms with Gasteiger partial charge in [0.15, 0.2) is 0 Å². The summed E-state index contributed by atoms with van der Waals surface area (Å²) in [5, 5.41) is 3.87. The Morgan fingerprint density at radius 2 is 1.96 bits per heavy atom. The maximum absolute atomic E-state index is 6.63. The molecule has 2 unspecified atom stereocenters. The van der Waals surface area contributed by atoms with Crippen molar-refractivity contribution < 1.29 is 9.47 Å². The van der Waals surface area contributed by atoms with E-state index in [1.807, 2.05) is 0 Å². The topological polar surface area (TPSA) is 33.7 Å². The zero-order valence-corrected chi connectivity index (χ0v) is 15.8. The van der Waals surface area contributed by atoms with Crippen molar-refractivity contribution in [3.8, 4) is 5.75 Å². The van der Waals surface area contributed by atoms with Gasteiger partial charge in [-0.1, -0.05) is 18.2 Å². The highest BCUT2D eigenvalue weighted by molar-refractivity contribution is 5.39. The summed E-state index contributed by atoms with van der Waals surface area (Å²) in [6, 6.07) is 9.13. The normalized spacial score (nSPS) is 30.9. The average Bonchev–Trinajstić information content (AvgIpc) is 3.36. The third-order valence-corrected chi connectivity index (χ3v) is 6.80. The zero-order valence-electron chi connectivity index (χ0n) is 15.8. The minimum atomic E-state index is 0.0165. The number of likely N-dealkylation sites (tertiary alicyclic amines) is 1. The van der Waals surface area contributed by atoms with Gasteiger partial charge in [0.05, 0.1) is 6.10 Å². The van der Waals surface area contributed by atoms with Gasteiger partial charge in [-0.15, -0.1) is 0 Å². The molecule has 1 spiro atoms. The van der Waals surface area contributed by atoms with Gasteiger partial charge in [0.1, 0.15) is 11.4 Å². The van der Waals surface area contributed by atoms with Crippen LogP contribution in [0, 0.1) is 5.92 Å². The summed E-state index contributed by atoms with van der Waals surface area (Å²) >= 11 is 0. The van der Waals surface area contributed by atoms with E-state index < -0.39 is 0 Å². The molecule has 142 valence electrons. The molecule has 1 saturated carbocycles. The number of hydrogen-bond donors (Lipinski definition) is 1. The van der Waals surface area contributed by atoms with Crippen molar-refractivity contribution >= 4 is 0 Å². The quantitative estimate of drug-likeness (QED) is 0.875. The fraction of sp³-hybridized carbons (Fsp3) is 0.727. The summed E-state index contributed by atoms with van der Waals surface area (Å²) in [5.74, 6) is 2.02. The van der Waals surface area contributed by atoms with Crippen LogP contribution in [0.4, 0.5) is 0 Å². The highest BCUT2D eigenvalue weighted by Gasteiger charge is 2.43. The molecule has 3 fully saturated rings. The molecule has 26 heavy (non-hydrogen) atoms. The summed E-state index contributed by atoms with van der Waals surface area (Å²) in [6.07, 6.45) is 9.12. The van der Waals surface area contributed by atoms with E-state index in [1.54, 1.807) is 0 Å². The number of ether oxygens (including phenoxy) is 2. The number of rotatable bonds is 5. The Balaban J connectivity index is 1.25. The first-order chi connectivity index (χ1) is 12.8. The molecule has 2 saturated heterocycles. The smallest absolute Gasteiger partial charge is 0.124 e. The second-order valence-corrected chi connectivity index (χ2v) is 8.87. The molecule has 0 bridgehead atoms.